The van der Waals surface area contributed by atoms with E-state index in [1.807, 2.05) is 18.2 Å². The van der Waals surface area contributed by atoms with Gasteiger partial charge in [-0.1, -0.05) is 39.5 Å². The van der Waals surface area contributed by atoms with E-state index < -0.39 is 0 Å². The van der Waals surface area contributed by atoms with Crippen LogP contribution in [0.3, 0.4) is 0 Å². The number of unbranched alkanes of at least 4 members (excludes halogenated alkanes) is 4. The Hall–Kier alpha value is -2.12. The zero-order valence-electron chi connectivity index (χ0n) is 21.2. The molecule has 0 radical (unpaired) electrons. The minimum atomic E-state index is -0.0717. The first-order valence-electron chi connectivity index (χ1n) is 13.3. The van der Waals surface area contributed by atoms with Crippen LogP contribution >= 0.6 is 0 Å². The summed E-state index contributed by atoms with van der Waals surface area (Å²) in [6.07, 6.45) is 8.39. The van der Waals surface area contributed by atoms with Crippen molar-refractivity contribution in [3.63, 3.8) is 0 Å². The molecule has 3 rings (SSSR count). The summed E-state index contributed by atoms with van der Waals surface area (Å²) in [5, 5.41) is 6.12. The number of carbonyl (C=O) groups excluding carboxylic acids is 2. The quantitative estimate of drug-likeness (QED) is 0.444. The number of hydrogen-bond donors (Lipinski definition) is 2. The molecule has 2 aliphatic rings. The number of nitrogens with zero attached hydrogens (tertiary/aromatic N) is 2. The molecule has 1 aromatic carbocycles. The first kappa shape index (κ1) is 26.5. The fourth-order valence-corrected chi connectivity index (χ4v) is 4.68. The molecule has 0 saturated carbocycles. The number of ether oxygens (including phenoxy) is 1. The predicted octanol–water partition coefficient (Wildman–Crippen LogP) is 4.28. The third-order valence-corrected chi connectivity index (χ3v) is 6.97. The molecule has 7 nitrogen and oxygen atoms in total. The van der Waals surface area contributed by atoms with E-state index in [0.717, 1.165) is 83.2 Å². The molecule has 2 N–H and O–H groups in total. The molecule has 0 spiro atoms. The number of benzene rings is 1. The number of anilines is 2. The van der Waals surface area contributed by atoms with Gasteiger partial charge in [-0.25, -0.2) is 0 Å². The summed E-state index contributed by atoms with van der Waals surface area (Å²) in [4.78, 5) is 30.3. The van der Waals surface area contributed by atoms with Crippen LogP contribution in [0.1, 0.15) is 75.6 Å². The second-order valence-corrected chi connectivity index (χ2v) is 9.82. The molecule has 2 fully saturated rings. The average molecular weight is 473 g/mol. The van der Waals surface area contributed by atoms with E-state index in [-0.39, 0.29) is 11.8 Å². The van der Waals surface area contributed by atoms with Crippen molar-refractivity contribution in [1.29, 1.82) is 0 Å². The van der Waals surface area contributed by atoms with E-state index in [9.17, 15) is 9.59 Å². The molecule has 1 aromatic rings. The summed E-state index contributed by atoms with van der Waals surface area (Å²) in [6, 6.07) is 5.79. The van der Waals surface area contributed by atoms with Crippen LogP contribution in [0.25, 0.3) is 0 Å². The highest BCUT2D eigenvalue weighted by molar-refractivity contribution is 6.02. The molecular weight excluding hydrogens is 428 g/mol. The van der Waals surface area contributed by atoms with Gasteiger partial charge >= 0.3 is 0 Å². The molecular formula is C27H44N4O3. The Morgan fingerprint density at radius 3 is 2.50 bits per heavy atom. The van der Waals surface area contributed by atoms with E-state index in [4.69, 9.17) is 4.74 Å². The minimum Gasteiger partial charge on any atom is -0.379 e. The van der Waals surface area contributed by atoms with E-state index in [0.29, 0.717) is 24.2 Å². The van der Waals surface area contributed by atoms with Gasteiger partial charge in [0.25, 0.3) is 5.91 Å². The van der Waals surface area contributed by atoms with Crippen molar-refractivity contribution in [2.45, 2.75) is 65.2 Å². The molecule has 0 unspecified atom stereocenters. The lowest BCUT2D eigenvalue weighted by Crippen LogP contribution is -2.41. The van der Waals surface area contributed by atoms with Crippen molar-refractivity contribution >= 4 is 23.2 Å². The van der Waals surface area contributed by atoms with Crippen LogP contribution in [0.5, 0.6) is 0 Å². The summed E-state index contributed by atoms with van der Waals surface area (Å²) in [6.45, 7) is 11.1. The molecule has 0 aromatic heterocycles. The highest BCUT2D eigenvalue weighted by atomic mass is 16.5. The normalized spacial score (nSPS) is 17.5. The number of piperidine rings is 1. The number of hydrogen-bond acceptors (Lipinski definition) is 5. The van der Waals surface area contributed by atoms with Crippen molar-refractivity contribution in [3.8, 4) is 0 Å². The van der Waals surface area contributed by atoms with Gasteiger partial charge in [0.2, 0.25) is 5.91 Å². The average Bonchev–Trinajstić information content (AvgIpc) is 2.85. The maximum Gasteiger partial charge on any atom is 0.253 e. The van der Waals surface area contributed by atoms with Gasteiger partial charge in [-0.2, -0.15) is 0 Å². The Kier molecular flexibility index (Phi) is 11.2. The van der Waals surface area contributed by atoms with Crippen molar-refractivity contribution < 1.29 is 14.3 Å². The Balaban J connectivity index is 1.62. The van der Waals surface area contributed by atoms with Crippen LogP contribution in [-0.2, 0) is 9.53 Å². The Bertz CT molecular complexity index is 771. The van der Waals surface area contributed by atoms with E-state index in [1.165, 1.54) is 19.3 Å². The zero-order valence-corrected chi connectivity index (χ0v) is 21.2. The highest BCUT2D eigenvalue weighted by Crippen LogP contribution is 2.29. The van der Waals surface area contributed by atoms with Gasteiger partial charge in [-0.05, 0) is 43.4 Å². The SMILES string of the molecule is CCCCCCCC(=O)Nc1ccc(N2CCC(C)CC2)c(C(=O)NCCN2CCOCC2)c1. The highest BCUT2D eigenvalue weighted by Gasteiger charge is 2.22. The number of carbonyl (C=O) groups is 2. The molecule has 190 valence electrons. The lowest BCUT2D eigenvalue weighted by molar-refractivity contribution is -0.116. The van der Waals surface area contributed by atoms with Gasteiger partial charge in [0, 0.05) is 57.1 Å². The lowest BCUT2D eigenvalue weighted by atomic mass is 9.97. The summed E-state index contributed by atoms with van der Waals surface area (Å²) >= 11 is 0. The van der Waals surface area contributed by atoms with Gasteiger partial charge in [0.15, 0.2) is 0 Å². The van der Waals surface area contributed by atoms with Crippen molar-refractivity contribution in [1.82, 2.24) is 10.2 Å². The summed E-state index contributed by atoms with van der Waals surface area (Å²) in [5.41, 5.74) is 2.32. The maximum absolute atomic E-state index is 13.2. The Labute approximate surface area is 205 Å². The van der Waals surface area contributed by atoms with Crippen LogP contribution in [0, 0.1) is 5.92 Å². The number of morpholine rings is 1. The molecule has 7 heteroatoms. The van der Waals surface area contributed by atoms with Crippen molar-refractivity contribution in [2.75, 3.05) is 62.7 Å². The largest absolute Gasteiger partial charge is 0.379 e. The minimum absolute atomic E-state index is 0.0229. The third-order valence-electron chi connectivity index (χ3n) is 6.97. The Morgan fingerprint density at radius 2 is 1.76 bits per heavy atom. The van der Waals surface area contributed by atoms with E-state index in [2.05, 4.69) is 34.3 Å². The van der Waals surface area contributed by atoms with E-state index >= 15 is 0 Å². The van der Waals surface area contributed by atoms with Crippen molar-refractivity contribution in [2.24, 2.45) is 5.92 Å². The maximum atomic E-state index is 13.2. The molecule has 0 atom stereocenters. The molecule has 2 heterocycles. The number of rotatable bonds is 12. The van der Waals surface area contributed by atoms with Crippen LogP contribution in [0.4, 0.5) is 11.4 Å². The zero-order chi connectivity index (χ0) is 24.2. The van der Waals surface area contributed by atoms with Crippen LogP contribution < -0.4 is 15.5 Å². The monoisotopic (exact) mass is 472 g/mol. The predicted molar refractivity (Wildman–Crippen MR) is 139 cm³/mol. The first-order chi connectivity index (χ1) is 16.6. The lowest BCUT2D eigenvalue weighted by Gasteiger charge is -2.33. The van der Waals surface area contributed by atoms with E-state index in [1.54, 1.807) is 0 Å². The molecule has 0 aliphatic carbocycles. The molecule has 2 saturated heterocycles. The van der Waals surface area contributed by atoms with Gasteiger partial charge in [0.05, 0.1) is 18.8 Å². The molecule has 34 heavy (non-hydrogen) atoms. The third kappa shape index (κ3) is 8.58. The standard InChI is InChI=1S/C27H44N4O3/c1-3-4-5-6-7-8-26(32)29-23-9-10-25(31-14-11-22(2)12-15-31)24(21-23)27(33)28-13-16-30-17-19-34-20-18-30/h9-10,21-22H,3-8,11-20H2,1-2H3,(H,28,33)(H,29,32). The van der Waals surface area contributed by atoms with Gasteiger partial charge in [0.1, 0.15) is 0 Å². The van der Waals surface area contributed by atoms with Crippen LogP contribution in [0.2, 0.25) is 0 Å². The fraction of sp³-hybridized carbons (Fsp3) is 0.704. The second kappa shape index (κ2) is 14.3. The molecule has 2 amide bonds. The van der Waals surface area contributed by atoms with Crippen molar-refractivity contribution in [3.05, 3.63) is 23.8 Å². The van der Waals surface area contributed by atoms with Gasteiger partial charge in [-0.3, -0.25) is 14.5 Å². The number of amides is 2. The number of nitrogens with one attached hydrogen (secondary N) is 2. The Morgan fingerprint density at radius 1 is 1.03 bits per heavy atom. The summed E-state index contributed by atoms with van der Waals surface area (Å²) in [7, 11) is 0. The van der Waals surface area contributed by atoms with Crippen LogP contribution in [0.15, 0.2) is 18.2 Å². The second-order valence-electron chi connectivity index (χ2n) is 9.82. The van der Waals surface area contributed by atoms with Gasteiger partial charge in [-0.15, -0.1) is 0 Å². The molecule has 0 bridgehead atoms. The van der Waals surface area contributed by atoms with Gasteiger partial charge < -0.3 is 20.3 Å². The molecule has 2 aliphatic heterocycles. The first-order valence-corrected chi connectivity index (χ1v) is 13.3. The fourth-order valence-electron chi connectivity index (χ4n) is 4.68. The topological polar surface area (TPSA) is 73.9 Å². The van der Waals surface area contributed by atoms with Crippen LogP contribution in [-0.4, -0.2) is 69.2 Å². The smallest absolute Gasteiger partial charge is 0.253 e. The summed E-state index contributed by atoms with van der Waals surface area (Å²) < 4.78 is 5.40. The summed E-state index contributed by atoms with van der Waals surface area (Å²) in [5.74, 6) is 0.671.